The van der Waals surface area contributed by atoms with E-state index < -0.39 is 10.0 Å². The Balaban J connectivity index is 1.52. The molecule has 0 aliphatic heterocycles. The summed E-state index contributed by atoms with van der Waals surface area (Å²) in [4.78, 5) is 20.7. The van der Waals surface area contributed by atoms with Crippen molar-refractivity contribution in [3.05, 3.63) is 76.9 Å². The zero-order valence-corrected chi connectivity index (χ0v) is 17.1. The highest BCUT2D eigenvalue weighted by Gasteiger charge is 2.18. The molecule has 0 radical (unpaired) electrons. The Morgan fingerprint density at radius 3 is 2.34 bits per heavy atom. The molecule has 4 aromatic rings. The fourth-order valence-corrected chi connectivity index (χ4v) is 4.97. The fourth-order valence-electron chi connectivity index (χ4n) is 2.60. The number of amides is 1. The second kappa shape index (κ2) is 7.78. The quantitative estimate of drug-likeness (QED) is 0.475. The topological polar surface area (TPSA) is 101 Å². The zero-order chi connectivity index (χ0) is 20.4. The van der Waals surface area contributed by atoms with Gasteiger partial charge < -0.3 is 5.32 Å². The molecule has 2 aromatic heterocycles. The molecule has 0 aliphatic rings. The van der Waals surface area contributed by atoms with Crippen molar-refractivity contribution in [3.63, 3.8) is 0 Å². The molecule has 10 heteroatoms. The lowest BCUT2D eigenvalue weighted by Crippen LogP contribution is -2.15. The summed E-state index contributed by atoms with van der Waals surface area (Å²) in [7, 11) is -3.84. The Kier molecular flexibility index (Phi) is 5.18. The number of hydrogen-bond donors (Lipinski definition) is 2. The number of anilines is 2. The maximum absolute atomic E-state index is 12.6. The first kappa shape index (κ1) is 19.3. The molecule has 7 nitrogen and oxygen atoms in total. The number of sulfonamides is 1. The van der Waals surface area contributed by atoms with Crippen molar-refractivity contribution >= 4 is 60.6 Å². The number of fused-ring (bicyclic) bond motifs is 1. The number of carbonyl (C=O) groups is 1. The molecule has 0 bridgehead atoms. The Bertz CT molecular complexity index is 1290. The van der Waals surface area contributed by atoms with Crippen LogP contribution in [0.15, 0.2) is 71.9 Å². The predicted molar refractivity (Wildman–Crippen MR) is 114 cm³/mol. The van der Waals surface area contributed by atoms with Crippen LogP contribution in [0.25, 0.3) is 10.1 Å². The van der Waals surface area contributed by atoms with Crippen molar-refractivity contribution in [2.24, 2.45) is 0 Å². The maximum Gasteiger partial charge on any atom is 0.267 e. The van der Waals surface area contributed by atoms with Gasteiger partial charge >= 0.3 is 0 Å². The van der Waals surface area contributed by atoms with Crippen LogP contribution in [-0.2, 0) is 10.0 Å². The molecule has 0 unspecified atom stereocenters. The molecule has 2 N–H and O–H groups in total. The number of aromatic nitrogens is 2. The van der Waals surface area contributed by atoms with Crippen molar-refractivity contribution in [1.82, 2.24) is 9.97 Å². The van der Waals surface area contributed by atoms with Gasteiger partial charge in [0, 0.05) is 28.2 Å². The molecular formula is C19H13ClN4O3S2. The monoisotopic (exact) mass is 444 g/mol. The van der Waals surface area contributed by atoms with Gasteiger partial charge in [0.15, 0.2) is 0 Å². The highest BCUT2D eigenvalue weighted by atomic mass is 35.5. The van der Waals surface area contributed by atoms with Crippen LogP contribution in [0.2, 0.25) is 5.02 Å². The molecule has 4 rings (SSSR count). The van der Waals surface area contributed by atoms with E-state index in [1.165, 1.54) is 48.0 Å². The van der Waals surface area contributed by atoms with Gasteiger partial charge in [0.05, 0.1) is 9.92 Å². The predicted octanol–water partition coefficient (Wildman–Crippen LogP) is 4.40. The number of benzene rings is 2. The van der Waals surface area contributed by atoms with Crippen LogP contribution in [0, 0.1) is 0 Å². The van der Waals surface area contributed by atoms with E-state index in [0.29, 0.717) is 15.6 Å². The normalized spacial score (nSPS) is 11.3. The molecule has 1 amide bonds. The first-order chi connectivity index (χ1) is 13.9. The molecular weight excluding hydrogens is 432 g/mol. The summed E-state index contributed by atoms with van der Waals surface area (Å²) in [6.07, 6.45) is 2.87. The number of nitrogens with zero attached hydrogens (tertiary/aromatic N) is 2. The van der Waals surface area contributed by atoms with Gasteiger partial charge in [-0.1, -0.05) is 29.8 Å². The average molecular weight is 445 g/mol. The molecule has 146 valence electrons. The molecule has 0 atom stereocenters. The van der Waals surface area contributed by atoms with E-state index >= 15 is 0 Å². The minimum absolute atomic E-state index is 0.0165. The highest BCUT2D eigenvalue weighted by molar-refractivity contribution is 7.92. The van der Waals surface area contributed by atoms with Crippen molar-refractivity contribution in [2.45, 2.75) is 4.90 Å². The first-order valence-corrected chi connectivity index (χ1v) is 11.0. The van der Waals surface area contributed by atoms with E-state index in [0.717, 1.165) is 10.1 Å². The van der Waals surface area contributed by atoms with Crippen LogP contribution in [0.5, 0.6) is 0 Å². The average Bonchev–Trinajstić information content (AvgIpc) is 3.06. The standard InChI is InChI=1S/C19H13ClN4O3S2/c20-16-14-4-1-2-5-15(14)28-17(16)18(25)23-12-6-8-13(9-7-12)29(26,27)24-19-21-10-3-11-22-19/h1-11H,(H,23,25)(H,21,22,24). The van der Waals surface area contributed by atoms with Crippen molar-refractivity contribution < 1.29 is 13.2 Å². The van der Waals surface area contributed by atoms with Crippen LogP contribution in [-0.4, -0.2) is 24.3 Å². The molecule has 29 heavy (non-hydrogen) atoms. The molecule has 0 saturated carbocycles. The number of rotatable bonds is 5. The molecule has 0 fully saturated rings. The fraction of sp³-hybridized carbons (Fsp3) is 0. The number of thiophene rings is 1. The molecule has 2 heterocycles. The van der Waals surface area contributed by atoms with Gasteiger partial charge in [0.25, 0.3) is 15.9 Å². The van der Waals surface area contributed by atoms with Gasteiger partial charge in [-0.25, -0.2) is 23.1 Å². The smallest absolute Gasteiger partial charge is 0.267 e. The third kappa shape index (κ3) is 4.07. The van der Waals surface area contributed by atoms with Crippen LogP contribution in [0.4, 0.5) is 11.6 Å². The van der Waals surface area contributed by atoms with Crippen LogP contribution in [0.1, 0.15) is 9.67 Å². The van der Waals surface area contributed by atoms with Gasteiger partial charge in [-0.15, -0.1) is 11.3 Å². The number of halogens is 1. The van der Waals surface area contributed by atoms with E-state index in [4.69, 9.17) is 11.6 Å². The SMILES string of the molecule is O=C(Nc1ccc(S(=O)(=O)Nc2ncccn2)cc1)c1sc2ccccc2c1Cl. The summed E-state index contributed by atoms with van der Waals surface area (Å²) < 4.78 is 28.0. The number of nitrogens with one attached hydrogen (secondary N) is 2. The third-order valence-electron chi connectivity index (χ3n) is 3.96. The minimum Gasteiger partial charge on any atom is -0.321 e. The van der Waals surface area contributed by atoms with Crippen LogP contribution < -0.4 is 10.0 Å². The Morgan fingerprint density at radius 2 is 1.66 bits per heavy atom. The summed E-state index contributed by atoms with van der Waals surface area (Å²) >= 11 is 7.63. The summed E-state index contributed by atoms with van der Waals surface area (Å²) in [6, 6.07) is 14.8. The lowest BCUT2D eigenvalue weighted by Gasteiger charge is -2.08. The number of hydrogen-bond acceptors (Lipinski definition) is 6. The zero-order valence-electron chi connectivity index (χ0n) is 14.7. The van der Waals surface area contributed by atoms with E-state index in [-0.39, 0.29) is 16.8 Å². The minimum atomic E-state index is -3.84. The van der Waals surface area contributed by atoms with E-state index in [1.54, 1.807) is 6.07 Å². The molecule has 0 spiro atoms. The van der Waals surface area contributed by atoms with E-state index in [1.807, 2.05) is 24.3 Å². The Hall–Kier alpha value is -3.01. The lowest BCUT2D eigenvalue weighted by molar-refractivity contribution is 0.103. The van der Waals surface area contributed by atoms with E-state index in [2.05, 4.69) is 20.0 Å². The van der Waals surface area contributed by atoms with Crippen molar-refractivity contribution in [1.29, 1.82) is 0 Å². The van der Waals surface area contributed by atoms with Crippen LogP contribution in [0.3, 0.4) is 0 Å². The second-order valence-electron chi connectivity index (χ2n) is 5.90. The maximum atomic E-state index is 12.6. The van der Waals surface area contributed by atoms with E-state index in [9.17, 15) is 13.2 Å². The van der Waals surface area contributed by atoms with Gasteiger partial charge in [-0.05, 0) is 36.4 Å². The summed E-state index contributed by atoms with van der Waals surface area (Å²) in [5.74, 6) is -0.382. The summed E-state index contributed by atoms with van der Waals surface area (Å²) in [5.41, 5.74) is 0.443. The summed E-state index contributed by atoms with van der Waals surface area (Å²) in [6.45, 7) is 0. The Labute approximate surface area is 175 Å². The highest BCUT2D eigenvalue weighted by Crippen LogP contribution is 2.35. The first-order valence-electron chi connectivity index (χ1n) is 8.32. The van der Waals surface area contributed by atoms with Crippen molar-refractivity contribution in [3.8, 4) is 0 Å². The van der Waals surface area contributed by atoms with Crippen molar-refractivity contribution in [2.75, 3.05) is 10.0 Å². The third-order valence-corrected chi connectivity index (χ3v) is 6.97. The Morgan fingerprint density at radius 1 is 0.966 bits per heavy atom. The molecule has 0 saturated heterocycles. The largest absolute Gasteiger partial charge is 0.321 e. The van der Waals surface area contributed by atoms with Gasteiger partial charge in [-0.3, -0.25) is 4.79 Å². The molecule has 0 aliphatic carbocycles. The van der Waals surface area contributed by atoms with Gasteiger partial charge in [0.2, 0.25) is 5.95 Å². The number of carbonyl (C=O) groups excluding carboxylic acids is 1. The van der Waals surface area contributed by atoms with Crippen LogP contribution >= 0.6 is 22.9 Å². The molecule has 2 aromatic carbocycles. The van der Waals surface area contributed by atoms with Gasteiger partial charge in [-0.2, -0.15) is 0 Å². The lowest BCUT2D eigenvalue weighted by atomic mass is 10.2. The summed E-state index contributed by atoms with van der Waals surface area (Å²) in [5, 5.41) is 3.95. The second-order valence-corrected chi connectivity index (χ2v) is 9.01. The van der Waals surface area contributed by atoms with Gasteiger partial charge in [0.1, 0.15) is 4.88 Å².